The van der Waals surface area contributed by atoms with Crippen molar-refractivity contribution in [2.24, 2.45) is 5.92 Å². The first-order valence-electron chi connectivity index (χ1n) is 6.71. The molecule has 0 bridgehead atoms. The molecular weight excluding hydrogens is 242 g/mol. The predicted octanol–water partition coefficient (Wildman–Crippen LogP) is 3.56. The average molecular weight is 265 g/mol. The number of ether oxygens (including phenoxy) is 1. The maximum Gasteiger partial charge on any atom is 0.119 e. The molecule has 2 rings (SSSR count). The van der Waals surface area contributed by atoms with Gasteiger partial charge < -0.3 is 10.1 Å². The van der Waals surface area contributed by atoms with Gasteiger partial charge in [0.25, 0.3) is 0 Å². The van der Waals surface area contributed by atoms with Crippen molar-refractivity contribution in [3.63, 3.8) is 0 Å². The summed E-state index contributed by atoms with van der Waals surface area (Å²) >= 11 is 1.99. The normalized spacial score (nSPS) is 28.1. The summed E-state index contributed by atoms with van der Waals surface area (Å²) in [6.45, 7) is 2.37. The summed E-state index contributed by atoms with van der Waals surface area (Å²) in [6.07, 6.45) is 3.94. The van der Waals surface area contributed by atoms with Crippen LogP contribution < -0.4 is 10.1 Å². The van der Waals surface area contributed by atoms with Crippen molar-refractivity contribution < 1.29 is 4.74 Å². The highest BCUT2D eigenvalue weighted by molar-refractivity contribution is 8.00. The van der Waals surface area contributed by atoms with E-state index in [9.17, 15) is 0 Å². The van der Waals surface area contributed by atoms with Crippen molar-refractivity contribution in [2.75, 3.05) is 14.2 Å². The minimum Gasteiger partial charge on any atom is -0.497 e. The third kappa shape index (κ3) is 3.42. The highest BCUT2D eigenvalue weighted by atomic mass is 32.2. The van der Waals surface area contributed by atoms with Gasteiger partial charge in [0.1, 0.15) is 5.75 Å². The molecule has 1 aliphatic carbocycles. The third-order valence-electron chi connectivity index (χ3n) is 3.75. The van der Waals surface area contributed by atoms with Gasteiger partial charge >= 0.3 is 0 Å². The molecule has 0 saturated heterocycles. The maximum atomic E-state index is 5.29. The van der Waals surface area contributed by atoms with Crippen molar-refractivity contribution in [3.8, 4) is 5.75 Å². The van der Waals surface area contributed by atoms with Gasteiger partial charge in [0, 0.05) is 16.2 Å². The summed E-state index contributed by atoms with van der Waals surface area (Å²) in [5, 5.41) is 4.14. The van der Waals surface area contributed by atoms with Crippen LogP contribution >= 0.6 is 11.8 Å². The summed E-state index contributed by atoms with van der Waals surface area (Å²) in [6, 6.07) is 9.03. The molecule has 3 unspecified atom stereocenters. The van der Waals surface area contributed by atoms with E-state index in [0.717, 1.165) is 11.7 Å². The Morgan fingerprint density at radius 3 is 2.89 bits per heavy atom. The fourth-order valence-electron chi connectivity index (χ4n) is 2.64. The summed E-state index contributed by atoms with van der Waals surface area (Å²) in [5.41, 5.74) is 0. The Labute approximate surface area is 114 Å². The molecular formula is C15H23NOS. The maximum absolute atomic E-state index is 5.29. The molecule has 3 atom stereocenters. The summed E-state index contributed by atoms with van der Waals surface area (Å²) in [7, 11) is 3.81. The standard InChI is InChI=1S/C15H23NOS/c1-11-7-8-14(16-2)15(9-11)18-13-6-4-5-12(10-13)17-3/h4-6,10-11,14-16H,7-9H2,1-3H3. The molecule has 0 aliphatic heterocycles. The number of benzene rings is 1. The molecule has 2 nitrogen and oxygen atoms in total. The average Bonchev–Trinajstić information content (AvgIpc) is 2.39. The lowest BCUT2D eigenvalue weighted by Crippen LogP contribution is -2.40. The Morgan fingerprint density at radius 2 is 2.17 bits per heavy atom. The van der Waals surface area contributed by atoms with Gasteiger partial charge in [-0.05, 0) is 50.4 Å². The van der Waals surface area contributed by atoms with Crippen LogP contribution in [0, 0.1) is 5.92 Å². The highest BCUT2D eigenvalue weighted by Crippen LogP contribution is 2.37. The predicted molar refractivity (Wildman–Crippen MR) is 78.5 cm³/mol. The van der Waals surface area contributed by atoms with E-state index in [4.69, 9.17) is 4.74 Å². The Hall–Kier alpha value is -0.670. The number of thioether (sulfide) groups is 1. The zero-order chi connectivity index (χ0) is 13.0. The number of hydrogen-bond acceptors (Lipinski definition) is 3. The van der Waals surface area contributed by atoms with Crippen LogP contribution in [0.5, 0.6) is 5.75 Å². The first-order chi connectivity index (χ1) is 8.72. The molecule has 1 aromatic carbocycles. The number of rotatable bonds is 4. The zero-order valence-electron chi connectivity index (χ0n) is 11.5. The quantitative estimate of drug-likeness (QED) is 0.899. The lowest BCUT2D eigenvalue weighted by molar-refractivity contribution is 0.329. The van der Waals surface area contributed by atoms with E-state index in [1.54, 1.807) is 7.11 Å². The van der Waals surface area contributed by atoms with Crippen LogP contribution in [0.3, 0.4) is 0 Å². The van der Waals surface area contributed by atoms with Crippen LogP contribution in [0.1, 0.15) is 26.2 Å². The Balaban J connectivity index is 2.05. The SMILES string of the molecule is CNC1CCC(C)CC1Sc1cccc(OC)c1. The molecule has 0 spiro atoms. The van der Waals surface area contributed by atoms with Crippen LogP contribution in [0.25, 0.3) is 0 Å². The van der Waals surface area contributed by atoms with E-state index in [0.29, 0.717) is 11.3 Å². The van der Waals surface area contributed by atoms with E-state index in [1.807, 2.05) is 17.8 Å². The van der Waals surface area contributed by atoms with Crippen LogP contribution in [0.2, 0.25) is 0 Å². The first kappa shape index (κ1) is 13.8. The van der Waals surface area contributed by atoms with Crippen LogP contribution in [-0.4, -0.2) is 25.4 Å². The van der Waals surface area contributed by atoms with Crippen molar-refractivity contribution in [1.29, 1.82) is 0 Å². The van der Waals surface area contributed by atoms with Gasteiger partial charge in [0.2, 0.25) is 0 Å². The molecule has 3 heteroatoms. The Kier molecular flexibility index (Phi) is 4.95. The lowest BCUT2D eigenvalue weighted by atomic mass is 9.87. The summed E-state index contributed by atoms with van der Waals surface area (Å²) in [4.78, 5) is 1.31. The summed E-state index contributed by atoms with van der Waals surface area (Å²) < 4.78 is 5.29. The number of methoxy groups -OCH3 is 1. The zero-order valence-corrected chi connectivity index (χ0v) is 12.3. The van der Waals surface area contributed by atoms with Gasteiger partial charge in [-0.25, -0.2) is 0 Å². The van der Waals surface area contributed by atoms with E-state index >= 15 is 0 Å². The molecule has 1 saturated carbocycles. The van der Waals surface area contributed by atoms with Crippen LogP contribution in [0.15, 0.2) is 29.2 Å². The fraction of sp³-hybridized carbons (Fsp3) is 0.600. The largest absolute Gasteiger partial charge is 0.497 e. The number of nitrogens with one attached hydrogen (secondary N) is 1. The second-order valence-electron chi connectivity index (χ2n) is 5.15. The molecule has 1 aromatic rings. The van der Waals surface area contributed by atoms with Gasteiger partial charge in [-0.15, -0.1) is 11.8 Å². The van der Waals surface area contributed by atoms with Crippen molar-refractivity contribution >= 4 is 11.8 Å². The Morgan fingerprint density at radius 1 is 1.33 bits per heavy atom. The minimum absolute atomic E-state index is 0.636. The van der Waals surface area contributed by atoms with E-state index < -0.39 is 0 Å². The molecule has 0 radical (unpaired) electrons. The second kappa shape index (κ2) is 6.48. The fourth-order valence-corrected chi connectivity index (χ4v) is 4.19. The van der Waals surface area contributed by atoms with Crippen molar-refractivity contribution in [3.05, 3.63) is 24.3 Å². The van der Waals surface area contributed by atoms with E-state index in [-0.39, 0.29) is 0 Å². The minimum atomic E-state index is 0.636. The molecule has 1 fully saturated rings. The lowest BCUT2D eigenvalue weighted by Gasteiger charge is -2.34. The van der Waals surface area contributed by atoms with Gasteiger partial charge in [-0.2, -0.15) is 0 Å². The van der Waals surface area contributed by atoms with Gasteiger partial charge in [0.05, 0.1) is 7.11 Å². The highest BCUT2D eigenvalue weighted by Gasteiger charge is 2.28. The van der Waals surface area contributed by atoms with E-state index in [2.05, 4.69) is 37.5 Å². The van der Waals surface area contributed by atoms with Gasteiger partial charge in [-0.1, -0.05) is 13.0 Å². The number of hydrogen-bond donors (Lipinski definition) is 1. The van der Waals surface area contributed by atoms with Crippen LogP contribution in [0.4, 0.5) is 0 Å². The molecule has 100 valence electrons. The molecule has 1 aliphatic rings. The van der Waals surface area contributed by atoms with Crippen molar-refractivity contribution in [2.45, 2.75) is 42.4 Å². The Bertz CT molecular complexity index is 383. The molecule has 0 heterocycles. The molecule has 18 heavy (non-hydrogen) atoms. The van der Waals surface area contributed by atoms with Gasteiger partial charge in [-0.3, -0.25) is 0 Å². The van der Waals surface area contributed by atoms with Crippen LogP contribution in [-0.2, 0) is 0 Å². The monoisotopic (exact) mass is 265 g/mol. The second-order valence-corrected chi connectivity index (χ2v) is 6.46. The molecule has 1 N–H and O–H groups in total. The third-order valence-corrected chi connectivity index (χ3v) is 5.10. The van der Waals surface area contributed by atoms with Crippen molar-refractivity contribution in [1.82, 2.24) is 5.32 Å². The molecule has 0 amide bonds. The van der Waals surface area contributed by atoms with Gasteiger partial charge in [0.15, 0.2) is 0 Å². The first-order valence-corrected chi connectivity index (χ1v) is 7.59. The molecule has 0 aromatic heterocycles. The van der Waals surface area contributed by atoms with E-state index in [1.165, 1.54) is 24.2 Å². The topological polar surface area (TPSA) is 21.3 Å². The summed E-state index contributed by atoms with van der Waals surface area (Å²) in [5.74, 6) is 1.79. The smallest absolute Gasteiger partial charge is 0.119 e.